The molecule has 0 bridgehead atoms. The van der Waals surface area contributed by atoms with E-state index in [1.54, 1.807) is 6.07 Å². The molecule has 0 saturated carbocycles. The van der Waals surface area contributed by atoms with Crippen molar-refractivity contribution in [3.63, 3.8) is 0 Å². The first-order valence-corrected chi connectivity index (χ1v) is 6.50. The van der Waals surface area contributed by atoms with Gasteiger partial charge in [0, 0.05) is 11.6 Å². The number of hydrogen-bond donors (Lipinski definition) is 1. The lowest BCUT2D eigenvalue weighted by molar-refractivity contribution is 0.410. The smallest absolute Gasteiger partial charge is 0.142 e. The molecule has 0 aliphatic rings. The molecule has 0 aliphatic carbocycles. The molecule has 2 atom stereocenters. The van der Waals surface area contributed by atoms with E-state index in [1.165, 1.54) is 0 Å². The second-order valence-corrected chi connectivity index (χ2v) is 5.09. The Bertz CT molecular complexity index is 341. The fourth-order valence-corrected chi connectivity index (χ4v) is 2.14. The van der Waals surface area contributed by atoms with Crippen LogP contribution in [-0.4, -0.2) is 7.05 Å². The Morgan fingerprint density at radius 1 is 1.44 bits per heavy atom. The summed E-state index contributed by atoms with van der Waals surface area (Å²) in [4.78, 5) is 0. The fourth-order valence-electron chi connectivity index (χ4n) is 1.76. The maximum absolute atomic E-state index is 13.9. The molecule has 0 aromatic heterocycles. The van der Waals surface area contributed by atoms with E-state index in [9.17, 15) is 4.39 Å². The summed E-state index contributed by atoms with van der Waals surface area (Å²) in [6.07, 6.45) is 2.08. The molecular formula is C13H19BrFN. The molecule has 0 aliphatic heterocycles. The van der Waals surface area contributed by atoms with E-state index in [2.05, 4.69) is 35.1 Å². The zero-order valence-electron chi connectivity index (χ0n) is 10.1. The third-order valence-corrected chi connectivity index (χ3v) is 3.65. The maximum atomic E-state index is 13.9. The van der Waals surface area contributed by atoms with Crippen LogP contribution < -0.4 is 5.32 Å². The van der Waals surface area contributed by atoms with Crippen LogP contribution in [-0.2, 0) is 0 Å². The third-order valence-electron chi connectivity index (χ3n) is 3.04. The van der Waals surface area contributed by atoms with E-state index in [1.807, 2.05) is 19.2 Å². The molecule has 0 fully saturated rings. The Labute approximate surface area is 106 Å². The SMILES string of the molecule is CCC(C)CC(NC)c1cccc(Br)c1F. The number of halogens is 2. The van der Waals surface area contributed by atoms with Gasteiger partial charge in [0.15, 0.2) is 0 Å². The van der Waals surface area contributed by atoms with Gasteiger partial charge in [0.2, 0.25) is 0 Å². The van der Waals surface area contributed by atoms with Gasteiger partial charge in [0.1, 0.15) is 5.82 Å². The first-order valence-electron chi connectivity index (χ1n) is 5.71. The van der Waals surface area contributed by atoms with Crippen molar-refractivity contribution in [2.24, 2.45) is 5.92 Å². The van der Waals surface area contributed by atoms with Gasteiger partial charge >= 0.3 is 0 Å². The minimum absolute atomic E-state index is 0.0902. The van der Waals surface area contributed by atoms with Crippen molar-refractivity contribution in [2.75, 3.05) is 7.05 Å². The highest BCUT2D eigenvalue weighted by Gasteiger charge is 2.17. The Balaban J connectivity index is 2.90. The van der Waals surface area contributed by atoms with Crippen molar-refractivity contribution in [2.45, 2.75) is 32.7 Å². The Hall–Kier alpha value is -0.410. The molecule has 0 heterocycles. The summed E-state index contributed by atoms with van der Waals surface area (Å²) in [5.41, 5.74) is 0.747. The van der Waals surface area contributed by atoms with Crippen LogP contribution in [0, 0.1) is 11.7 Å². The number of hydrogen-bond acceptors (Lipinski definition) is 1. The monoisotopic (exact) mass is 287 g/mol. The highest BCUT2D eigenvalue weighted by atomic mass is 79.9. The fraction of sp³-hybridized carbons (Fsp3) is 0.538. The first kappa shape index (κ1) is 13.7. The summed E-state index contributed by atoms with van der Waals surface area (Å²) >= 11 is 3.22. The number of nitrogens with one attached hydrogen (secondary N) is 1. The third kappa shape index (κ3) is 3.29. The second kappa shape index (κ2) is 6.36. The summed E-state index contributed by atoms with van der Waals surface area (Å²) in [5, 5.41) is 3.19. The summed E-state index contributed by atoms with van der Waals surface area (Å²) in [6.45, 7) is 4.36. The molecule has 2 unspecified atom stereocenters. The van der Waals surface area contributed by atoms with E-state index < -0.39 is 0 Å². The molecule has 0 amide bonds. The van der Waals surface area contributed by atoms with Gasteiger partial charge in [0.25, 0.3) is 0 Å². The zero-order chi connectivity index (χ0) is 12.1. The van der Waals surface area contributed by atoms with Gasteiger partial charge in [-0.15, -0.1) is 0 Å². The average Bonchev–Trinajstić information content (AvgIpc) is 2.29. The maximum Gasteiger partial charge on any atom is 0.142 e. The second-order valence-electron chi connectivity index (χ2n) is 4.23. The molecule has 1 rings (SSSR count). The molecule has 90 valence electrons. The molecule has 0 radical (unpaired) electrons. The Kier molecular flexibility index (Phi) is 5.42. The molecule has 16 heavy (non-hydrogen) atoms. The highest BCUT2D eigenvalue weighted by molar-refractivity contribution is 9.10. The van der Waals surface area contributed by atoms with Crippen molar-refractivity contribution in [1.82, 2.24) is 5.32 Å². The summed E-state index contributed by atoms with van der Waals surface area (Å²) < 4.78 is 14.4. The van der Waals surface area contributed by atoms with Crippen molar-refractivity contribution in [3.8, 4) is 0 Å². The zero-order valence-corrected chi connectivity index (χ0v) is 11.6. The quantitative estimate of drug-likeness (QED) is 0.852. The lowest BCUT2D eigenvalue weighted by Crippen LogP contribution is -2.20. The van der Waals surface area contributed by atoms with Crippen LogP contribution in [0.3, 0.4) is 0 Å². The largest absolute Gasteiger partial charge is 0.313 e. The first-order chi connectivity index (χ1) is 7.60. The lowest BCUT2D eigenvalue weighted by atomic mass is 9.94. The van der Waals surface area contributed by atoms with Gasteiger partial charge in [-0.25, -0.2) is 4.39 Å². The lowest BCUT2D eigenvalue weighted by Gasteiger charge is -2.21. The van der Waals surface area contributed by atoms with Crippen LogP contribution in [0.25, 0.3) is 0 Å². The normalized spacial score (nSPS) is 14.8. The minimum atomic E-state index is -0.148. The molecule has 1 aromatic carbocycles. The van der Waals surface area contributed by atoms with E-state index in [0.29, 0.717) is 10.4 Å². The topological polar surface area (TPSA) is 12.0 Å². The molecule has 3 heteroatoms. The number of rotatable bonds is 5. The molecule has 0 spiro atoms. The van der Waals surface area contributed by atoms with Crippen molar-refractivity contribution >= 4 is 15.9 Å². The van der Waals surface area contributed by atoms with E-state index in [0.717, 1.165) is 18.4 Å². The molecular weight excluding hydrogens is 269 g/mol. The Morgan fingerprint density at radius 2 is 2.12 bits per heavy atom. The van der Waals surface area contributed by atoms with Crippen LogP contribution in [0.1, 0.15) is 38.3 Å². The van der Waals surface area contributed by atoms with Crippen molar-refractivity contribution in [3.05, 3.63) is 34.1 Å². The van der Waals surface area contributed by atoms with Gasteiger partial charge in [-0.3, -0.25) is 0 Å². The van der Waals surface area contributed by atoms with Gasteiger partial charge in [0.05, 0.1) is 4.47 Å². The van der Waals surface area contributed by atoms with Crippen LogP contribution in [0.15, 0.2) is 22.7 Å². The summed E-state index contributed by atoms with van der Waals surface area (Å²) in [6, 6.07) is 5.55. The standard InChI is InChI=1S/C13H19BrFN/c1-4-9(2)8-12(16-3)10-6-5-7-11(14)13(10)15/h5-7,9,12,16H,4,8H2,1-3H3. The predicted molar refractivity (Wildman–Crippen MR) is 70.0 cm³/mol. The average molecular weight is 288 g/mol. The van der Waals surface area contributed by atoms with Crippen molar-refractivity contribution in [1.29, 1.82) is 0 Å². The van der Waals surface area contributed by atoms with Gasteiger partial charge < -0.3 is 5.32 Å². The van der Waals surface area contributed by atoms with Gasteiger partial charge in [-0.2, -0.15) is 0 Å². The van der Waals surface area contributed by atoms with Gasteiger partial charge in [-0.05, 0) is 41.4 Å². The Morgan fingerprint density at radius 3 is 2.69 bits per heavy atom. The molecule has 0 saturated heterocycles. The number of benzene rings is 1. The van der Waals surface area contributed by atoms with Crippen LogP contribution in [0.2, 0.25) is 0 Å². The summed E-state index contributed by atoms with van der Waals surface area (Å²) in [5.74, 6) is 0.445. The van der Waals surface area contributed by atoms with E-state index in [4.69, 9.17) is 0 Å². The van der Waals surface area contributed by atoms with E-state index >= 15 is 0 Å². The van der Waals surface area contributed by atoms with Crippen LogP contribution in [0.4, 0.5) is 4.39 Å². The highest BCUT2D eigenvalue weighted by Crippen LogP contribution is 2.28. The van der Waals surface area contributed by atoms with Crippen LogP contribution in [0.5, 0.6) is 0 Å². The van der Waals surface area contributed by atoms with Gasteiger partial charge in [-0.1, -0.05) is 32.4 Å². The molecule has 1 aromatic rings. The van der Waals surface area contributed by atoms with Crippen LogP contribution >= 0.6 is 15.9 Å². The minimum Gasteiger partial charge on any atom is -0.313 e. The van der Waals surface area contributed by atoms with E-state index in [-0.39, 0.29) is 11.9 Å². The molecule has 1 N–H and O–H groups in total. The van der Waals surface area contributed by atoms with Crippen molar-refractivity contribution < 1.29 is 4.39 Å². The predicted octanol–water partition coefficient (Wildman–Crippen LogP) is 4.28. The molecule has 1 nitrogen and oxygen atoms in total. The summed E-state index contributed by atoms with van der Waals surface area (Å²) in [7, 11) is 1.88.